The second kappa shape index (κ2) is 10.3. The van der Waals surface area contributed by atoms with Crippen molar-refractivity contribution in [2.45, 2.75) is 39.2 Å². The fourth-order valence-electron chi connectivity index (χ4n) is 2.15. The first kappa shape index (κ1) is 18.6. The molecule has 1 saturated carbocycles. The van der Waals surface area contributed by atoms with Crippen molar-refractivity contribution in [2.75, 3.05) is 33.0 Å². The third-order valence-electron chi connectivity index (χ3n) is 3.54. The van der Waals surface area contributed by atoms with Gasteiger partial charge in [-0.25, -0.2) is 0 Å². The monoisotopic (exact) mass is 314 g/mol. The van der Waals surface area contributed by atoms with Gasteiger partial charge >= 0.3 is 0 Å². The number of hydrogen-bond acceptors (Lipinski definition) is 5. The Balaban J connectivity index is 1.85. The van der Waals surface area contributed by atoms with E-state index in [0.717, 1.165) is 12.8 Å². The van der Waals surface area contributed by atoms with Gasteiger partial charge in [0.25, 0.3) is 0 Å². The molecule has 126 valence electrons. The van der Waals surface area contributed by atoms with Gasteiger partial charge < -0.3 is 20.1 Å². The summed E-state index contributed by atoms with van der Waals surface area (Å²) < 4.78 is 10.5. The lowest BCUT2D eigenvalue weighted by Crippen LogP contribution is -2.46. The number of Topliss-reactive ketones (excluding diaryl/α,β-unsaturated/α-hetero) is 1. The highest BCUT2D eigenvalue weighted by Crippen LogP contribution is 2.27. The molecule has 0 aromatic heterocycles. The quantitative estimate of drug-likeness (QED) is 0.525. The molecular formula is C15H26N2O5. The summed E-state index contributed by atoms with van der Waals surface area (Å²) in [6, 6.07) is 0.138. The van der Waals surface area contributed by atoms with Crippen LogP contribution in [-0.2, 0) is 23.9 Å². The Morgan fingerprint density at radius 1 is 1.00 bits per heavy atom. The Kier molecular flexibility index (Phi) is 8.69. The second-order valence-corrected chi connectivity index (χ2v) is 5.50. The second-order valence-electron chi connectivity index (χ2n) is 5.50. The van der Waals surface area contributed by atoms with E-state index in [1.54, 1.807) is 6.92 Å². The Morgan fingerprint density at radius 3 is 2.23 bits per heavy atom. The van der Waals surface area contributed by atoms with Crippen LogP contribution in [0, 0.1) is 5.92 Å². The van der Waals surface area contributed by atoms with Crippen molar-refractivity contribution >= 4 is 17.6 Å². The van der Waals surface area contributed by atoms with Crippen molar-refractivity contribution in [3.05, 3.63) is 0 Å². The van der Waals surface area contributed by atoms with Crippen LogP contribution < -0.4 is 10.6 Å². The molecule has 0 atom stereocenters. The lowest BCUT2D eigenvalue weighted by Gasteiger charge is -2.34. The van der Waals surface area contributed by atoms with Crippen molar-refractivity contribution in [2.24, 2.45) is 5.92 Å². The molecule has 0 spiro atoms. The fraction of sp³-hybridized carbons (Fsp3) is 0.800. The van der Waals surface area contributed by atoms with Crippen LogP contribution in [0.1, 0.15) is 33.1 Å². The summed E-state index contributed by atoms with van der Waals surface area (Å²) in [6.45, 7) is 5.19. The highest BCUT2D eigenvalue weighted by atomic mass is 16.5. The van der Waals surface area contributed by atoms with Gasteiger partial charge in [-0.3, -0.25) is 14.4 Å². The van der Waals surface area contributed by atoms with Crippen molar-refractivity contribution in [3.63, 3.8) is 0 Å². The van der Waals surface area contributed by atoms with Gasteiger partial charge in [0.1, 0.15) is 5.78 Å². The van der Waals surface area contributed by atoms with Crippen LogP contribution >= 0.6 is 0 Å². The highest BCUT2D eigenvalue weighted by Gasteiger charge is 2.32. The van der Waals surface area contributed by atoms with E-state index in [1.807, 2.05) is 0 Å². The number of hydrogen-bond donors (Lipinski definition) is 2. The van der Waals surface area contributed by atoms with E-state index in [0.29, 0.717) is 39.4 Å². The van der Waals surface area contributed by atoms with Gasteiger partial charge in [0.15, 0.2) is 0 Å². The molecule has 0 heterocycles. The highest BCUT2D eigenvalue weighted by molar-refractivity contribution is 5.80. The smallest absolute Gasteiger partial charge is 0.222 e. The molecule has 1 aliphatic carbocycles. The number of rotatable bonds is 11. The summed E-state index contributed by atoms with van der Waals surface area (Å²) in [5, 5.41) is 5.51. The van der Waals surface area contributed by atoms with Gasteiger partial charge in [-0.05, 0) is 19.8 Å². The van der Waals surface area contributed by atoms with Crippen LogP contribution in [0.5, 0.6) is 0 Å². The number of ketones is 1. The van der Waals surface area contributed by atoms with E-state index in [1.165, 1.54) is 6.92 Å². The molecule has 2 N–H and O–H groups in total. The maximum Gasteiger partial charge on any atom is 0.222 e. The van der Waals surface area contributed by atoms with Gasteiger partial charge in [0.05, 0.1) is 26.4 Å². The van der Waals surface area contributed by atoms with Gasteiger partial charge in [-0.2, -0.15) is 0 Å². The normalized spacial score (nSPS) is 20.1. The minimum Gasteiger partial charge on any atom is -0.379 e. The maximum atomic E-state index is 11.6. The summed E-state index contributed by atoms with van der Waals surface area (Å²) in [4.78, 5) is 33.3. The molecule has 0 aromatic rings. The van der Waals surface area contributed by atoms with Crippen LogP contribution in [0.4, 0.5) is 0 Å². The number of carbonyl (C=O) groups is 3. The summed E-state index contributed by atoms with van der Waals surface area (Å²) in [7, 11) is 0. The average molecular weight is 314 g/mol. The van der Waals surface area contributed by atoms with Crippen LogP contribution in [0.15, 0.2) is 0 Å². The molecule has 1 aliphatic rings. The summed E-state index contributed by atoms with van der Waals surface area (Å²) in [6.07, 6.45) is 1.82. The molecule has 0 aliphatic heterocycles. The van der Waals surface area contributed by atoms with Crippen LogP contribution in [0.2, 0.25) is 0 Å². The molecule has 0 radical (unpaired) electrons. The predicted octanol–water partition coefficient (Wildman–Crippen LogP) is 0.0296. The lowest BCUT2D eigenvalue weighted by molar-refractivity contribution is -0.128. The van der Waals surface area contributed by atoms with E-state index in [9.17, 15) is 14.4 Å². The minimum absolute atomic E-state index is 0.0430. The van der Waals surface area contributed by atoms with Gasteiger partial charge in [0.2, 0.25) is 11.8 Å². The molecule has 1 fully saturated rings. The number of nitrogens with one attached hydrogen (secondary N) is 2. The molecule has 2 amide bonds. The van der Waals surface area contributed by atoms with Gasteiger partial charge in [-0.15, -0.1) is 0 Å². The molecule has 22 heavy (non-hydrogen) atoms. The number of carbonyl (C=O) groups excluding carboxylic acids is 3. The minimum atomic E-state index is -0.0769. The van der Waals surface area contributed by atoms with Crippen molar-refractivity contribution in [1.82, 2.24) is 10.6 Å². The zero-order chi connectivity index (χ0) is 16.4. The Morgan fingerprint density at radius 2 is 1.64 bits per heavy atom. The van der Waals surface area contributed by atoms with Crippen LogP contribution in [0.25, 0.3) is 0 Å². The topological polar surface area (TPSA) is 93.7 Å². The fourth-order valence-corrected chi connectivity index (χ4v) is 2.15. The van der Waals surface area contributed by atoms with E-state index >= 15 is 0 Å². The summed E-state index contributed by atoms with van der Waals surface area (Å²) in [5.74, 6) is 0.203. The molecule has 0 aromatic carbocycles. The van der Waals surface area contributed by atoms with E-state index in [-0.39, 0.29) is 29.6 Å². The Hall–Kier alpha value is -1.47. The van der Waals surface area contributed by atoms with Gasteiger partial charge in [0, 0.05) is 31.8 Å². The van der Waals surface area contributed by atoms with Crippen LogP contribution in [0.3, 0.4) is 0 Å². The molecule has 0 unspecified atom stereocenters. The molecule has 7 nitrogen and oxygen atoms in total. The third-order valence-corrected chi connectivity index (χ3v) is 3.54. The molecule has 1 rings (SSSR count). The number of ether oxygens (including phenoxy) is 2. The third kappa shape index (κ3) is 8.09. The van der Waals surface area contributed by atoms with Gasteiger partial charge in [-0.1, -0.05) is 0 Å². The lowest BCUT2D eigenvalue weighted by atomic mass is 9.78. The summed E-state index contributed by atoms with van der Waals surface area (Å²) >= 11 is 0. The van der Waals surface area contributed by atoms with E-state index in [4.69, 9.17) is 9.47 Å². The first-order valence-corrected chi connectivity index (χ1v) is 7.68. The molecule has 7 heteroatoms. The average Bonchev–Trinajstić information content (AvgIpc) is 2.39. The standard InChI is InChI=1S/C15H26N2O5/c1-11(18)13-9-14(10-13)17-15(20)3-5-21-7-8-22-6-4-16-12(2)19/h13-14H,3-10H2,1-2H3,(H,16,19)(H,17,20)/t13-,14+. The first-order chi connectivity index (χ1) is 10.5. The van der Waals surface area contributed by atoms with E-state index in [2.05, 4.69) is 10.6 Å². The molecule has 0 saturated heterocycles. The zero-order valence-corrected chi connectivity index (χ0v) is 13.4. The predicted molar refractivity (Wildman–Crippen MR) is 80.3 cm³/mol. The van der Waals surface area contributed by atoms with E-state index < -0.39 is 0 Å². The van der Waals surface area contributed by atoms with Crippen LogP contribution in [-0.4, -0.2) is 56.6 Å². The summed E-state index contributed by atoms with van der Waals surface area (Å²) in [5.41, 5.74) is 0. The molecular weight excluding hydrogens is 288 g/mol. The van der Waals surface area contributed by atoms with Crippen molar-refractivity contribution in [3.8, 4) is 0 Å². The zero-order valence-electron chi connectivity index (χ0n) is 13.4. The Labute approximate surface area is 131 Å². The number of amides is 2. The maximum absolute atomic E-state index is 11.6. The Bertz CT molecular complexity index is 380. The SMILES string of the molecule is CC(=O)NCCOCCOCCC(=O)N[C@H]1C[C@@H](C(C)=O)C1. The molecule has 0 bridgehead atoms. The first-order valence-electron chi connectivity index (χ1n) is 7.68. The van der Waals surface area contributed by atoms with Crippen molar-refractivity contribution < 1.29 is 23.9 Å². The largest absolute Gasteiger partial charge is 0.379 e. The van der Waals surface area contributed by atoms with Crippen molar-refractivity contribution in [1.29, 1.82) is 0 Å².